The molecule has 2 N–H and O–H groups in total. The van der Waals surface area contributed by atoms with Gasteiger partial charge in [-0.2, -0.15) is 4.31 Å². The minimum Gasteiger partial charge on any atom is -0.398 e. The van der Waals surface area contributed by atoms with Gasteiger partial charge in [0.1, 0.15) is 4.90 Å². The maximum Gasteiger partial charge on any atom is 0.245 e. The Morgan fingerprint density at radius 2 is 2.22 bits per heavy atom. The van der Waals surface area contributed by atoms with Crippen LogP contribution in [0.2, 0.25) is 5.02 Å². The number of sulfonamides is 1. The average molecular weight is 289 g/mol. The van der Waals surface area contributed by atoms with E-state index in [1.54, 1.807) is 10.4 Å². The lowest BCUT2D eigenvalue weighted by atomic mass is 10.2. The molecule has 100 valence electrons. The van der Waals surface area contributed by atoms with Crippen LogP contribution in [-0.2, 0) is 10.0 Å². The fourth-order valence-corrected chi connectivity index (χ4v) is 4.54. The zero-order chi connectivity index (χ0) is 13.3. The highest BCUT2D eigenvalue weighted by Crippen LogP contribution is 2.31. The van der Waals surface area contributed by atoms with Crippen molar-refractivity contribution in [3.63, 3.8) is 0 Å². The van der Waals surface area contributed by atoms with Crippen molar-refractivity contribution < 1.29 is 8.42 Å². The van der Waals surface area contributed by atoms with Crippen molar-refractivity contribution in [3.05, 3.63) is 23.2 Å². The Hall–Kier alpha value is -0.780. The third-order valence-corrected chi connectivity index (χ3v) is 5.60. The van der Waals surface area contributed by atoms with E-state index in [9.17, 15) is 8.42 Å². The number of hydrogen-bond acceptors (Lipinski definition) is 3. The van der Waals surface area contributed by atoms with Gasteiger partial charge in [0.25, 0.3) is 0 Å². The van der Waals surface area contributed by atoms with Gasteiger partial charge in [-0.25, -0.2) is 8.42 Å². The fourth-order valence-electron chi connectivity index (χ4n) is 2.39. The van der Waals surface area contributed by atoms with E-state index in [1.165, 1.54) is 12.1 Å². The first kappa shape index (κ1) is 13.6. The van der Waals surface area contributed by atoms with Gasteiger partial charge in [0.15, 0.2) is 0 Å². The first-order valence-electron chi connectivity index (χ1n) is 6.03. The van der Waals surface area contributed by atoms with Crippen molar-refractivity contribution in [1.29, 1.82) is 0 Å². The number of rotatable bonds is 3. The lowest BCUT2D eigenvalue weighted by Crippen LogP contribution is -2.35. The zero-order valence-corrected chi connectivity index (χ0v) is 11.8. The molecule has 1 atom stereocenters. The number of nitrogen functional groups attached to an aromatic ring is 1. The van der Waals surface area contributed by atoms with Crippen LogP contribution in [0.25, 0.3) is 0 Å². The Morgan fingerprint density at radius 1 is 1.50 bits per heavy atom. The Kier molecular flexibility index (Phi) is 3.84. The summed E-state index contributed by atoms with van der Waals surface area (Å²) in [5, 5.41) is 0.384. The molecular formula is C12H17ClN2O2S. The molecule has 0 spiro atoms. The van der Waals surface area contributed by atoms with Crippen LogP contribution in [0.4, 0.5) is 5.69 Å². The van der Waals surface area contributed by atoms with E-state index in [0.717, 1.165) is 19.3 Å². The highest BCUT2D eigenvalue weighted by Gasteiger charge is 2.35. The van der Waals surface area contributed by atoms with E-state index in [-0.39, 0.29) is 16.6 Å². The molecule has 0 saturated carbocycles. The van der Waals surface area contributed by atoms with Crippen LogP contribution < -0.4 is 5.73 Å². The van der Waals surface area contributed by atoms with Gasteiger partial charge in [0.05, 0.1) is 5.69 Å². The minimum atomic E-state index is -3.53. The SMILES string of the molecule is CCC1CCCN1S(=O)(=O)c1cc(Cl)ccc1N. The van der Waals surface area contributed by atoms with E-state index in [4.69, 9.17) is 17.3 Å². The van der Waals surface area contributed by atoms with Crippen LogP contribution in [0.3, 0.4) is 0 Å². The van der Waals surface area contributed by atoms with Crippen LogP contribution in [0, 0.1) is 0 Å². The summed E-state index contributed by atoms with van der Waals surface area (Å²) < 4.78 is 26.7. The summed E-state index contributed by atoms with van der Waals surface area (Å²) >= 11 is 5.86. The molecule has 1 aliphatic heterocycles. The molecule has 1 heterocycles. The number of anilines is 1. The quantitative estimate of drug-likeness (QED) is 0.869. The van der Waals surface area contributed by atoms with Crippen LogP contribution in [0.1, 0.15) is 26.2 Å². The second-order valence-electron chi connectivity index (χ2n) is 4.50. The normalized spacial score (nSPS) is 21.3. The van der Waals surface area contributed by atoms with Gasteiger partial charge in [-0.05, 0) is 37.5 Å². The smallest absolute Gasteiger partial charge is 0.245 e. The van der Waals surface area contributed by atoms with E-state index in [0.29, 0.717) is 11.6 Å². The van der Waals surface area contributed by atoms with Crippen LogP contribution in [0.5, 0.6) is 0 Å². The molecule has 1 aliphatic rings. The first-order valence-corrected chi connectivity index (χ1v) is 7.85. The number of nitrogens with zero attached hydrogens (tertiary/aromatic N) is 1. The lowest BCUT2D eigenvalue weighted by Gasteiger charge is -2.23. The summed E-state index contributed by atoms with van der Waals surface area (Å²) in [6.07, 6.45) is 2.63. The summed E-state index contributed by atoms with van der Waals surface area (Å²) in [5.74, 6) is 0. The maximum atomic E-state index is 12.6. The van der Waals surface area contributed by atoms with Crippen molar-refractivity contribution in [3.8, 4) is 0 Å². The van der Waals surface area contributed by atoms with E-state index < -0.39 is 10.0 Å². The molecule has 2 rings (SSSR count). The summed E-state index contributed by atoms with van der Waals surface area (Å²) in [7, 11) is -3.53. The van der Waals surface area contributed by atoms with Crippen molar-refractivity contribution in [2.45, 2.75) is 37.1 Å². The fraction of sp³-hybridized carbons (Fsp3) is 0.500. The summed E-state index contributed by atoms with van der Waals surface area (Å²) in [5.41, 5.74) is 6.02. The molecular weight excluding hydrogens is 272 g/mol. The van der Waals surface area contributed by atoms with Crippen molar-refractivity contribution in [2.24, 2.45) is 0 Å². The Labute approximate surface area is 113 Å². The average Bonchev–Trinajstić information content (AvgIpc) is 2.81. The Morgan fingerprint density at radius 3 is 2.89 bits per heavy atom. The molecule has 18 heavy (non-hydrogen) atoms. The molecule has 1 saturated heterocycles. The van der Waals surface area contributed by atoms with Crippen LogP contribution >= 0.6 is 11.6 Å². The second kappa shape index (κ2) is 5.07. The molecule has 1 aromatic carbocycles. The third kappa shape index (κ3) is 2.35. The van der Waals surface area contributed by atoms with Gasteiger partial charge >= 0.3 is 0 Å². The summed E-state index contributed by atoms with van der Waals surface area (Å²) in [6, 6.07) is 4.63. The third-order valence-electron chi connectivity index (χ3n) is 3.36. The molecule has 0 radical (unpaired) electrons. The monoisotopic (exact) mass is 288 g/mol. The molecule has 1 unspecified atom stereocenters. The predicted octanol–water partition coefficient (Wildman–Crippen LogP) is 2.49. The van der Waals surface area contributed by atoms with Gasteiger partial charge in [-0.1, -0.05) is 18.5 Å². The molecule has 0 aliphatic carbocycles. The molecule has 0 amide bonds. The first-order chi connectivity index (χ1) is 8.46. The van der Waals surface area contributed by atoms with Crippen molar-refractivity contribution in [2.75, 3.05) is 12.3 Å². The van der Waals surface area contributed by atoms with Gasteiger partial charge in [-0.3, -0.25) is 0 Å². The van der Waals surface area contributed by atoms with Gasteiger partial charge in [0, 0.05) is 17.6 Å². The van der Waals surface area contributed by atoms with Crippen LogP contribution in [-0.4, -0.2) is 25.3 Å². The standard InChI is InChI=1S/C12H17ClN2O2S/c1-2-10-4-3-7-15(10)18(16,17)12-8-9(13)5-6-11(12)14/h5-6,8,10H,2-4,7,14H2,1H3. The van der Waals surface area contributed by atoms with Crippen molar-refractivity contribution >= 4 is 27.3 Å². The zero-order valence-electron chi connectivity index (χ0n) is 10.3. The Bertz CT molecular complexity index is 545. The summed E-state index contributed by atoms with van der Waals surface area (Å²) in [4.78, 5) is 0.121. The molecule has 1 fully saturated rings. The number of halogens is 1. The molecule has 0 aromatic heterocycles. The summed E-state index contributed by atoms with van der Waals surface area (Å²) in [6.45, 7) is 2.56. The molecule has 1 aromatic rings. The van der Waals surface area contributed by atoms with Crippen molar-refractivity contribution in [1.82, 2.24) is 4.31 Å². The highest BCUT2D eigenvalue weighted by atomic mass is 35.5. The molecule has 0 bridgehead atoms. The minimum absolute atomic E-state index is 0.0772. The topological polar surface area (TPSA) is 63.4 Å². The Balaban J connectivity index is 2.45. The molecule has 4 nitrogen and oxygen atoms in total. The number of benzene rings is 1. The number of hydrogen-bond donors (Lipinski definition) is 1. The number of nitrogens with two attached hydrogens (primary N) is 1. The van der Waals surface area contributed by atoms with Gasteiger partial charge in [0.2, 0.25) is 10.0 Å². The largest absolute Gasteiger partial charge is 0.398 e. The lowest BCUT2D eigenvalue weighted by molar-refractivity contribution is 0.380. The van der Waals surface area contributed by atoms with E-state index in [2.05, 4.69) is 0 Å². The van der Waals surface area contributed by atoms with Gasteiger partial charge < -0.3 is 5.73 Å². The van der Waals surface area contributed by atoms with Crippen LogP contribution in [0.15, 0.2) is 23.1 Å². The highest BCUT2D eigenvalue weighted by molar-refractivity contribution is 7.89. The molecule has 6 heteroatoms. The second-order valence-corrected chi connectivity index (χ2v) is 6.80. The predicted molar refractivity (Wildman–Crippen MR) is 73.1 cm³/mol. The maximum absolute atomic E-state index is 12.6. The van der Waals surface area contributed by atoms with E-state index in [1.807, 2.05) is 6.92 Å². The van der Waals surface area contributed by atoms with E-state index >= 15 is 0 Å². The van der Waals surface area contributed by atoms with Gasteiger partial charge in [-0.15, -0.1) is 0 Å².